The number of benzene rings is 1. The number of fused-ring (bicyclic) bond motifs is 1. The van der Waals surface area contributed by atoms with Crippen molar-refractivity contribution in [3.8, 4) is 5.75 Å². The Bertz CT molecular complexity index is 641. The molecule has 1 atom stereocenters. The largest absolute Gasteiger partial charge is 0.478 e. The highest BCUT2D eigenvalue weighted by Gasteiger charge is 2.38. The van der Waals surface area contributed by atoms with Crippen LogP contribution in [-0.4, -0.2) is 55.7 Å². The van der Waals surface area contributed by atoms with Crippen LogP contribution in [0, 0.1) is 5.92 Å². The molecule has 2 heterocycles. The van der Waals surface area contributed by atoms with Gasteiger partial charge in [0.15, 0.2) is 6.10 Å². The molecule has 0 aromatic heterocycles. The Morgan fingerprint density at radius 3 is 2.71 bits per heavy atom. The lowest BCUT2D eigenvalue weighted by Gasteiger charge is -2.37. The molecular formula is C17H23N3O4. The van der Waals surface area contributed by atoms with E-state index in [0.29, 0.717) is 43.4 Å². The molecule has 2 amide bonds. The molecule has 0 bridgehead atoms. The highest BCUT2D eigenvalue weighted by Crippen LogP contribution is 2.37. The van der Waals surface area contributed by atoms with Crippen LogP contribution in [0.1, 0.15) is 13.8 Å². The third kappa shape index (κ3) is 3.17. The summed E-state index contributed by atoms with van der Waals surface area (Å²) in [4.78, 5) is 28.6. The molecule has 1 fully saturated rings. The maximum absolute atomic E-state index is 12.8. The van der Waals surface area contributed by atoms with Gasteiger partial charge < -0.3 is 20.1 Å². The van der Waals surface area contributed by atoms with Crippen molar-refractivity contribution in [1.82, 2.24) is 4.90 Å². The van der Waals surface area contributed by atoms with Crippen molar-refractivity contribution in [1.29, 1.82) is 0 Å². The highest BCUT2D eigenvalue weighted by atomic mass is 16.5. The number of nitrogens with two attached hydrogens (primary N) is 1. The van der Waals surface area contributed by atoms with Crippen LogP contribution in [-0.2, 0) is 14.3 Å². The number of ether oxygens (including phenoxy) is 2. The Hall–Kier alpha value is -2.28. The topological polar surface area (TPSA) is 85.1 Å². The minimum atomic E-state index is -0.614. The molecule has 0 saturated carbocycles. The molecule has 7 nitrogen and oxygen atoms in total. The van der Waals surface area contributed by atoms with Crippen LogP contribution in [0.5, 0.6) is 5.75 Å². The monoisotopic (exact) mass is 333 g/mol. The van der Waals surface area contributed by atoms with Gasteiger partial charge in [-0.05, 0) is 18.1 Å². The molecule has 0 radical (unpaired) electrons. The van der Waals surface area contributed by atoms with E-state index in [2.05, 4.69) is 0 Å². The lowest BCUT2D eigenvalue weighted by Crippen LogP contribution is -2.53. The molecule has 1 unspecified atom stereocenters. The van der Waals surface area contributed by atoms with Crippen molar-refractivity contribution in [2.75, 3.05) is 43.5 Å². The van der Waals surface area contributed by atoms with Gasteiger partial charge >= 0.3 is 0 Å². The second-order valence-corrected chi connectivity index (χ2v) is 6.43. The molecule has 1 saturated heterocycles. The van der Waals surface area contributed by atoms with Crippen molar-refractivity contribution < 1.29 is 19.1 Å². The quantitative estimate of drug-likeness (QED) is 0.830. The van der Waals surface area contributed by atoms with E-state index in [1.54, 1.807) is 23.1 Å². The molecule has 24 heavy (non-hydrogen) atoms. The van der Waals surface area contributed by atoms with Crippen LogP contribution in [0.15, 0.2) is 18.2 Å². The van der Waals surface area contributed by atoms with Crippen molar-refractivity contribution in [3.63, 3.8) is 0 Å². The molecule has 2 aliphatic heterocycles. The zero-order chi connectivity index (χ0) is 17.3. The fourth-order valence-corrected chi connectivity index (χ4v) is 2.94. The van der Waals surface area contributed by atoms with Gasteiger partial charge in [0.1, 0.15) is 12.3 Å². The SMILES string of the molecule is CC(C)C1Oc2cc(N)ccc2N(CC(=O)N2CCOCC2)C1=O. The fraction of sp³-hybridized carbons (Fsp3) is 0.529. The number of amides is 2. The van der Waals surface area contributed by atoms with E-state index >= 15 is 0 Å². The third-order valence-corrected chi connectivity index (χ3v) is 4.30. The maximum Gasteiger partial charge on any atom is 0.268 e. The van der Waals surface area contributed by atoms with Gasteiger partial charge in [-0.25, -0.2) is 0 Å². The Morgan fingerprint density at radius 2 is 2.04 bits per heavy atom. The minimum Gasteiger partial charge on any atom is -0.478 e. The average molecular weight is 333 g/mol. The number of carbonyl (C=O) groups excluding carboxylic acids is 2. The smallest absolute Gasteiger partial charge is 0.268 e. The van der Waals surface area contributed by atoms with E-state index in [9.17, 15) is 9.59 Å². The van der Waals surface area contributed by atoms with Crippen LogP contribution in [0.25, 0.3) is 0 Å². The van der Waals surface area contributed by atoms with Gasteiger partial charge in [0.2, 0.25) is 5.91 Å². The number of rotatable bonds is 3. The fourth-order valence-electron chi connectivity index (χ4n) is 2.94. The van der Waals surface area contributed by atoms with E-state index in [1.165, 1.54) is 4.90 Å². The second-order valence-electron chi connectivity index (χ2n) is 6.43. The van der Waals surface area contributed by atoms with Gasteiger partial charge in [-0.15, -0.1) is 0 Å². The highest BCUT2D eigenvalue weighted by molar-refractivity contribution is 6.04. The van der Waals surface area contributed by atoms with Gasteiger partial charge in [0, 0.05) is 24.8 Å². The van der Waals surface area contributed by atoms with Crippen LogP contribution < -0.4 is 15.4 Å². The van der Waals surface area contributed by atoms with Gasteiger partial charge in [-0.3, -0.25) is 14.5 Å². The van der Waals surface area contributed by atoms with E-state index in [0.717, 1.165) is 0 Å². The number of hydrogen-bond donors (Lipinski definition) is 1. The summed E-state index contributed by atoms with van der Waals surface area (Å²) >= 11 is 0. The van der Waals surface area contributed by atoms with E-state index < -0.39 is 6.10 Å². The maximum atomic E-state index is 12.8. The number of anilines is 2. The summed E-state index contributed by atoms with van der Waals surface area (Å²) in [6.45, 7) is 6.01. The van der Waals surface area contributed by atoms with Gasteiger partial charge in [-0.1, -0.05) is 13.8 Å². The lowest BCUT2D eigenvalue weighted by molar-refractivity contribution is -0.136. The average Bonchev–Trinajstić information content (AvgIpc) is 2.57. The number of nitrogen functional groups attached to an aromatic ring is 1. The zero-order valence-corrected chi connectivity index (χ0v) is 14.0. The summed E-state index contributed by atoms with van der Waals surface area (Å²) in [6, 6.07) is 5.13. The lowest BCUT2D eigenvalue weighted by atomic mass is 10.0. The molecular weight excluding hydrogens is 310 g/mol. The van der Waals surface area contributed by atoms with Crippen molar-refractivity contribution >= 4 is 23.2 Å². The molecule has 0 aliphatic carbocycles. The van der Waals surface area contributed by atoms with Crippen LogP contribution in [0.3, 0.4) is 0 Å². The van der Waals surface area contributed by atoms with Gasteiger partial charge in [0.05, 0.1) is 18.9 Å². The first-order chi connectivity index (χ1) is 11.5. The molecule has 1 aromatic rings. The summed E-state index contributed by atoms with van der Waals surface area (Å²) < 4.78 is 11.1. The van der Waals surface area contributed by atoms with E-state index in [1.807, 2.05) is 13.8 Å². The predicted molar refractivity (Wildman–Crippen MR) is 89.9 cm³/mol. The number of hydrogen-bond acceptors (Lipinski definition) is 5. The van der Waals surface area contributed by atoms with E-state index in [4.69, 9.17) is 15.2 Å². The molecule has 3 rings (SSSR count). The molecule has 2 aliphatic rings. The van der Waals surface area contributed by atoms with Crippen LogP contribution in [0.2, 0.25) is 0 Å². The second kappa shape index (κ2) is 6.68. The van der Waals surface area contributed by atoms with Crippen LogP contribution >= 0.6 is 0 Å². The van der Waals surface area contributed by atoms with Crippen molar-refractivity contribution in [2.24, 2.45) is 5.92 Å². The minimum absolute atomic E-state index is 0.00231. The molecule has 2 N–H and O–H groups in total. The number of morpholine rings is 1. The van der Waals surface area contributed by atoms with Crippen LogP contribution in [0.4, 0.5) is 11.4 Å². The van der Waals surface area contributed by atoms with Gasteiger partial charge in [0.25, 0.3) is 5.91 Å². The van der Waals surface area contributed by atoms with Crippen molar-refractivity contribution in [2.45, 2.75) is 20.0 Å². The first-order valence-electron chi connectivity index (χ1n) is 8.20. The zero-order valence-electron chi connectivity index (χ0n) is 14.0. The molecule has 130 valence electrons. The Kier molecular flexibility index (Phi) is 4.62. The summed E-state index contributed by atoms with van der Waals surface area (Å²) in [5, 5.41) is 0. The van der Waals surface area contributed by atoms with Gasteiger partial charge in [-0.2, -0.15) is 0 Å². The first-order valence-corrected chi connectivity index (χ1v) is 8.20. The summed E-state index contributed by atoms with van der Waals surface area (Å²) in [7, 11) is 0. The summed E-state index contributed by atoms with van der Waals surface area (Å²) in [6.07, 6.45) is -0.614. The summed E-state index contributed by atoms with van der Waals surface area (Å²) in [5.41, 5.74) is 6.98. The molecule has 7 heteroatoms. The number of carbonyl (C=O) groups is 2. The Balaban J connectivity index is 1.86. The summed E-state index contributed by atoms with van der Waals surface area (Å²) in [5.74, 6) is 0.263. The normalized spacial score (nSPS) is 20.8. The Labute approximate surface area is 141 Å². The first kappa shape index (κ1) is 16.6. The predicted octanol–water partition coefficient (Wildman–Crippen LogP) is 0.878. The molecule has 0 spiro atoms. The molecule has 1 aromatic carbocycles. The van der Waals surface area contributed by atoms with E-state index in [-0.39, 0.29) is 24.3 Å². The number of nitrogens with zero attached hydrogens (tertiary/aromatic N) is 2. The third-order valence-electron chi connectivity index (χ3n) is 4.30. The standard InChI is InChI=1S/C17H23N3O4/c1-11(2)16-17(22)20(10-15(21)19-5-7-23-8-6-19)13-4-3-12(18)9-14(13)24-16/h3-4,9,11,16H,5-8,10,18H2,1-2H3. The Morgan fingerprint density at radius 1 is 1.33 bits per heavy atom. The van der Waals surface area contributed by atoms with Crippen molar-refractivity contribution in [3.05, 3.63) is 18.2 Å².